The molecule has 0 saturated carbocycles. The smallest absolute Gasteiger partial charge is 0.257 e. The molecule has 1 amide bonds. The van der Waals surface area contributed by atoms with Gasteiger partial charge in [0.15, 0.2) is 0 Å². The molecule has 1 aliphatic rings. The quantitative estimate of drug-likeness (QED) is 0.942. The zero-order chi connectivity index (χ0) is 14.7. The summed E-state index contributed by atoms with van der Waals surface area (Å²) in [6.45, 7) is 2.11. The number of carbonyl (C=O) groups is 1. The number of rotatable bonds is 3. The van der Waals surface area contributed by atoms with E-state index in [9.17, 15) is 4.79 Å². The summed E-state index contributed by atoms with van der Waals surface area (Å²) >= 11 is 6.01. The summed E-state index contributed by atoms with van der Waals surface area (Å²) in [5, 5.41) is 3.25. The fourth-order valence-electron chi connectivity index (χ4n) is 2.44. The van der Waals surface area contributed by atoms with Crippen LogP contribution in [0.2, 0.25) is 5.02 Å². The highest BCUT2D eigenvalue weighted by Gasteiger charge is 2.14. The molecular formula is C16H16ClN3O. The van der Waals surface area contributed by atoms with E-state index in [0.29, 0.717) is 16.3 Å². The first-order chi connectivity index (χ1) is 10.2. The van der Waals surface area contributed by atoms with Crippen LogP contribution in [0.3, 0.4) is 0 Å². The van der Waals surface area contributed by atoms with Crippen molar-refractivity contribution in [3.63, 3.8) is 0 Å². The van der Waals surface area contributed by atoms with Crippen LogP contribution in [0.25, 0.3) is 0 Å². The van der Waals surface area contributed by atoms with Crippen molar-refractivity contribution < 1.29 is 4.79 Å². The molecule has 1 saturated heterocycles. The van der Waals surface area contributed by atoms with Crippen molar-refractivity contribution in [3.8, 4) is 0 Å². The van der Waals surface area contributed by atoms with E-state index < -0.39 is 0 Å². The number of carbonyl (C=O) groups excluding carboxylic acids is 1. The van der Waals surface area contributed by atoms with Crippen molar-refractivity contribution in [1.82, 2.24) is 4.98 Å². The summed E-state index contributed by atoms with van der Waals surface area (Å²) in [5.74, 6) is 0.736. The predicted molar refractivity (Wildman–Crippen MR) is 85.1 cm³/mol. The number of hydrogen-bond acceptors (Lipinski definition) is 3. The van der Waals surface area contributed by atoms with Gasteiger partial charge >= 0.3 is 0 Å². The highest BCUT2D eigenvalue weighted by Crippen LogP contribution is 2.20. The van der Waals surface area contributed by atoms with Gasteiger partial charge in [0.1, 0.15) is 5.82 Å². The first-order valence-corrected chi connectivity index (χ1v) is 7.39. The van der Waals surface area contributed by atoms with E-state index >= 15 is 0 Å². The maximum absolute atomic E-state index is 12.1. The molecule has 108 valence electrons. The Bertz CT molecular complexity index is 636. The number of nitrogens with zero attached hydrogens (tertiary/aromatic N) is 2. The Balaban J connectivity index is 1.70. The van der Waals surface area contributed by atoms with Gasteiger partial charge in [-0.15, -0.1) is 0 Å². The molecule has 21 heavy (non-hydrogen) atoms. The molecular weight excluding hydrogens is 286 g/mol. The molecule has 0 aliphatic carbocycles. The number of halogens is 1. The van der Waals surface area contributed by atoms with Gasteiger partial charge in [-0.25, -0.2) is 4.98 Å². The zero-order valence-electron chi connectivity index (χ0n) is 11.6. The third-order valence-corrected chi connectivity index (χ3v) is 3.88. The van der Waals surface area contributed by atoms with Crippen molar-refractivity contribution in [1.29, 1.82) is 0 Å². The van der Waals surface area contributed by atoms with Crippen molar-refractivity contribution >= 4 is 29.0 Å². The third kappa shape index (κ3) is 3.16. The van der Waals surface area contributed by atoms with Gasteiger partial charge in [0.2, 0.25) is 0 Å². The predicted octanol–water partition coefficient (Wildman–Crippen LogP) is 3.59. The van der Waals surface area contributed by atoms with Crippen LogP contribution in [-0.4, -0.2) is 24.0 Å². The summed E-state index contributed by atoms with van der Waals surface area (Å²) in [7, 11) is 0. The Labute approximate surface area is 128 Å². The van der Waals surface area contributed by atoms with Gasteiger partial charge in [-0.05, 0) is 37.1 Å². The van der Waals surface area contributed by atoms with Crippen LogP contribution in [0.1, 0.15) is 23.2 Å². The van der Waals surface area contributed by atoms with E-state index in [1.807, 2.05) is 12.1 Å². The Morgan fingerprint density at radius 3 is 2.57 bits per heavy atom. The highest BCUT2D eigenvalue weighted by molar-refractivity contribution is 6.34. The molecule has 1 aromatic carbocycles. The SMILES string of the molecule is O=C(Nc1ccc(N2CCCC2)nc1)c1ccccc1Cl. The zero-order valence-corrected chi connectivity index (χ0v) is 12.3. The number of amides is 1. The number of pyridine rings is 1. The first-order valence-electron chi connectivity index (χ1n) is 7.01. The molecule has 0 bridgehead atoms. The molecule has 5 heteroatoms. The van der Waals surface area contributed by atoms with Crippen LogP contribution >= 0.6 is 11.6 Å². The molecule has 0 unspecified atom stereocenters. The summed E-state index contributed by atoms with van der Waals surface area (Å²) in [4.78, 5) is 18.8. The normalized spacial score (nSPS) is 14.2. The van der Waals surface area contributed by atoms with Gasteiger partial charge in [0.25, 0.3) is 5.91 Å². The average molecular weight is 302 g/mol. The van der Waals surface area contributed by atoms with Crippen LogP contribution in [0, 0.1) is 0 Å². The van der Waals surface area contributed by atoms with Crippen LogP contribution in [0.4, 0.5) is 11.5 Å². The molecule has 1 fully saturated rings. The average Bonchev–Trinajstić information content (AvgIpc) is 3.02. The van der Waals surface area contributed by atoms with E-state index in [2.05, 4.69) is 15.2 Å². The minimum Gasteiger partial charge on any atom is -0.357 e. The molecule has 3 rings (SSSR count). The van der Waals surface area contributed by atoms with E-state index in [-0.39, 0.29) is 5.91 Å². The molecule has 2 aromatic rings. The molecule has 1 aromatic heterocycles. The number of benzene rings is 1. The van der Waals surface area contributed by atoms with E-state index in [1.165, 1.54) is 12.8 Å². The first kappa shape index (κ1) is 13.9. The number of nitrogens with one attached hydrogen (secondary N) is 1. The summed E-state index contributed by atoms with van der Waals surface area (Å²) in [6, 6.07) is 10.8. The molecule has 1 N–H and O–H groups in total. The number of aromatic nitrogens is 1. The molecule has 0 atom stereocenters. The largest absolute Gasteiger partial charge is 0.357 e. The van der Waals surface area contributed by atoms with E-state index in [1.54, 1.807) is 30.5 Å². The van der Waals surface area contributed by atoms with Crippen LogP contribution in [0.5, 0.6) is 0 Å². The second-order valence-electron chi connectivity index (χ2n) is 5.03. The van der Waals surface area contributed by atoms with Gasteiger partial charge in [-0.1, -0.05) is 23.7 Å². The van der Waals surface area contributed by atoms with Crippen molar-refractivity contribution in [3.05, 3.63) is 53.2 Å². The van der Waals surface area contributed by atoms with E-state index in [0.717, 1.165) is 18.9 Å². The molecule has 0 radical (unpaired) electrons. The lowest BCUT2D eigenvalue weighted by atomic mass is 10.2. The Kier molecular flexibility index (Phi) is 4.06. The molecule has 0 spiro atoms. The lowest BCUT2D eigenvalue weighted by Crippen LogP contribution is -2.19. The third-order valence-electron chi connectivity index (χ3n) is 3.55. The minimum atomic E-state index is -0.226. The number of anilines is 2. The van der Waals surface area contributed by atoms with Crippen LogP contribution < -0.4 is 10.2 Å². The lowest BCUT2D eigenvalue weighted by Gasteiger charge is -2.16. The molecule has 2 heterocycles. The van der Waals surface area contributed by atoms with Crippen molar-refractivity contribution in [2.75, 3.05) is 23.3 Å². The van der Waals surface area contributed by atoms with Gasteiger partial charge in [-0.3, -0.25) is 4.79 Å². The van der Waals surface area contributed by atoms with Gasteiger partial charge in [-0.2, -0.15) is 0 Å². The van der Waals surface area contributed by atoms with Crippen LogP contribution in [0.15, 0.2) is 42.6 Å². The Morgan fingerprint density at radius 1 is 1.14 bits per heavy atom. The van der Waals surface area contributed by atoms with Gasteiger partial charge < -0.3 is 10.2 Å². The van der Waals surface area contributed by atoms with Gasteiger partial charge in [0.05, 0.1) is 22.5 Å². The maximum atomic E-state index is 12.1. The highest BCUT2D eigenvalue weighted by atomic mass is 35.5. The van der Waals surface area contributed by atoms with Crippen molar-refractivity contribution in [2.45, 2.75) is 12.8 Å². The summed E-state index contributed by atoms with van der Waals surface area (Å²) < 4.78 is 0. The fraction of sp³-hybridized carbons (Fsp3) is 0.250. The van der Waals surface area contributed by atoms with Gasteiger partial charge in [0, 0.05) is 13.1 Å². The standard InChI is InChI=1S/C16H16ClN3O/c17-14-6-2-1-5-13(14)16(21)19-12-7-8-15(18-11-12)20-9-3-4-10-20/h1-2,5-8,11H,3-4,9-10H2,(H,19,21). The second kappa shape index (κ2) is 6.14. The fourth-order valence-corrected chi connectivity index (χ4v) is 2.66. The summed E-state index contributed by atoms with van der Waals surface area (Å²) in [5.41, 5.74) is 1.13. The Morgan fingerprint density at radius 2 is 1.90 bits per heavy atom. The van der Waals surface area contributed by atoms with Crippen LogP contribution in [-0.2, 0) is 0 Å². The molecule has 1 aliphatic heterocycles. The lowest BCUT2D eigenvalue weighted by molar-refractivity contribution is 0.102. The second-order valence-corrected chi connectivity index (χ2v) is 5.44. The minimum absolute atomic E-state index is 0.226. The topological polar surface area (TPSA) is 45.2 Å². The summed E-state index contributed by atoms with van der Waals surface area (Å²) in [6.07, 6.45) is 4.11. The maximum Gasteiger partial charge on any atom is 0.257 e. The van der Waals surface area contributed by atoms with Crippen molar-refractivity contribution in [2.24, 2.45) is 0 Å². The Hall–Kier alpha value is -2.07. The van der Waals surface area contributed by atoms with E-state index in [4.69, 9.17) is 11.6 Å². The molecule has 4 nitrogen and oxygen atoms in total. The monoisotopic (exact) mass is 301 g/mol. The number of hydrogen-bond donors (Lipinski definition) is 1.